The van der Waals surface area contributed by atoms with Crippen LogP contribution in [-0.4, -0.2) is 22.7 Å². The maximum atomic E-state index is 12.0. The molecule has 1 aromatic heterocycles. The number of Topliss-reactive ketones (excluding diaryl/α,β-unsaturated/α-hetero) is 1. The predicted octanol–water partition coefficient (Wildman–Crippen LogP) is 2.66. The van der Waals surface area contributed by atoms with Crippen molar-refractivity contribution in [2.45, 2.75) is 27.3 Å². The average Bonchev–Trinajstić information content (AvgIpc) is 2.70. The number of rotatable bonds is 3. The molecule has 0 saturated carbocycles. The molecule has 2 rings (SSSR count). The van der Waals surface area contributed by atoms with E-state index in [1.807, 2.05) is 39.0 Å². The molecule has 0 spiro atoms. The fourth-order valence-electron chi connectivity index (χ4n) is 1.68. The Kier molecular flexibility index (Phi) is 3.11. The molecule has 0 bridgehead atoms. The molecule has 0 radical (unpaired) electrons. The summed E-state index contributed by atoms with van der Waals surface area (Å²) >= 11 is 0. The van der Waals surface area contributed by atoms with Crippen LogP contribution in [0.1, 0.15) is 20.8 Å². The largest absolute Gasteiger partial charge is 0.497 e. The quantitative estimate of drug-likeness (QED) is 0.836. The van der Waals surface area contributed by atoms with E-state index in [0.29, 0.717) is 6.54 Å². The third-order valence-electron chi connectivity index (χ3n) is 2.98. The highest BCUT2D eigenvalue weighted by Crippen LogP contribution is 2.22. The molecule has 0 amide bonds. The topological polar surface area (TPSA) is 44.1 Å². The Morgan fingerprint density at radius 1 is 1.39 bits per heavy atom. The van der Waals surface area contributed by atoms with E-state index in [1.54, 1.807) is 18.0 Å². The second-order valence-corrected chi connectivity index (χ2v) is 5.40. The summed E-state index contributed by atoms with van der Waals surface area (Å²) in [5.74, 6) is 0.933. The summed E-state index contributed by atoms with van der Waals surface area (Å²) in [6.07, 6.45) is 1.77. The van der Waals surface area contributed by atoms with Crippen LogP contribution in [0.15, 0.2) is 24.4 Å². The highest BCUT2D eigenvalue weighted by atomic mass is 16.5. The molecule has 1 aromatic carbocycles. The number of ketones is 1. The minimum atomic E-state index is -0.350. The third-order valence-corrected chi connectivity index (χ3v) is 2.98. The van der Waals surface area contributed by atoms with Crippen LogP contribution in [0.4, 0.5) is 0 Å². The lowest BCUT2D eigenvalue weighted by atomic mass is 9.91. The Morgan fingerprint density at radius 3 is 2.72 bits per heavy atom. The summed E-state index contributed by atoms with van der Waals surface area (Å²) in [6.45, 7) is 6.05. The van der Waals surface area contributed by atoms with Crippen molar-refractivity contribution in [2.24, 2.45) is 5.41 Å². The van der Waals surface area contributed by atoms with Crippen molar-refractivity contribution in [1.29, 1.82) is 0 Å². The smallest absolute Gasteiger partial charge is 0.159 e. The van der Waals surface area contributed by atoms with Gasteiger partial charge in [-0.15, -0.1) is 0 Å². The average molecular weight is 246 g/mol. The number of ether oxygens (including phenoxy) is 1. The predicted molar refractivity (Wildman–Crippen MR) is 70.7 cm³/mol. The lowest BCUT2D eigenvalue weighted by Gasteiger charge is -2.16. The van der Waals surface area contributed by atoms with Crippen LogP contribution in [0.2, 0.25) is 0 Å². The molecule has 0 aliphatic heterocycles. The molecule has 0 atom stereocenters. The van der Waals surface area contributed by atoms with Gasteiger partial charge >= 0.3 is 0 Å². The van der Waals surface area contributed by atoms with Crippen LogP contribution in [0.5, 0.6) is 5.75 Å². The van der Waals surface area contributed by atoms with Crippen molar-refractivity contribution >= 4 is 16.7 Å². The summed E-state index contributed by atoms with van der Waals surface area (Å²) in [5, 5.41) is 5.28. The molecule has 0 unspecified atom stereocenters. The first-order chi connectivity index (χ1) is 8.41. The molecule has 0 aliphatic rings. The van der Waals surface area contributed by atoms with Gasteiger partial charge in [0, 0.05) is 16.9 Å². The number of carbonyl (C=O) groups excluding carboxylic acids is 1. The first kappa shape index (κ1) is 12.6. The van der Waals surface area contributed by atoms with Crippen LogP contribution in [-0.2, 0) is 11.3 Å². The van der Waals surface area contributed by atoms with Gasteiger partial charge in [-0.25, -0.2) is 0 Å². The first-order valence-electron chi connectivity index (χ1n) is 5.94. The number of hydrogen-bond acceptors (Lipinski definition) is 3. The molecule has 18 heavy (non-hydrogen) atoms. The molecule has 96 valence electrons. The van der Waals surface area contributed by atoms with Crippen LogP contribution in [0, 0.1) is 5.41 Å². The lowest BCUT2D eigenvalue weighted by Crippen LogP contribution is -2.25. The third kappa shape index (κ3) is 2.37. The van der Waals surface area contributed by atoms with Gasteiger partial charge in [-0.3, -0.25) is 9.48 Å². The van der Waals surface area contributed by atoms with Crippen molar-refractivity contribution in [3.63, 3.8) is 0 Å². The second kappa shape index (κ2) is 4.44. The summed E-state index contributed by atoms with van der Waals surface area (Å²) in [4.78, 5) is 12.0. The summed E-state index contributed by atoms with van der Waals surface area (Å²) in [7, 11) is 1.63. The van der Waals surface area contributed by atoms with Crippen molar-refractivity contribution in [1.82, 2.24) is 9.78 Å². The maximum Gasteiger partial charge on any atom is 0.159 e. The van der Waals surface area contributed by atoms with Gasteiger partial charge in [-0.1, -0.05) is 20.8 Å². The molecule has 1 heterocycles. The van der Waals surface area contributed by atoms with Crippen molar-refractivity contribution in [3.05, 3.63) is 24.4 Å². The molecule has 0 aliphatic carbocycles. The lowest BCUT2D eigenvalue weighted by molar-refractivity contribution is -0.127. The standard InChI is InChI=1S/C14H18N2O2/c1-14(2,3)13(17)9-16-12-7-11(18-4)6-5-10(12)8-15-16/h5-8H,9H2,1-4H3. The number of carbonyl (C=O) groups is 1. The minimum absolute atomic E-state index is 0.162. The van der Waals surface area contributed by atoms with Crippen molar-refractivity contribution in [3.8, 4) is 5.75 Å². The van der Waals surface area contributed by atoms with Gasteiger partial charge in [-0.05, 0) is 12.1 Å². The van der Waals surface area contributed by atoms with Gasteiger partial charge in [0.15, 0.2) is 5.78 Å². The van der Waals surface area contributed by atoms with Gasteiger partial charge in [0.05, 0.1) is 18.8 Å². The van der Waals surface area contributed by atoms with E-state index in [4.69, 9.17) is 4.74 Å². The van der Waals surface area contributed by atoms with E-state index in [0.717, 1.165) is 16.7 Å². The number of methoxy groups -OCH3 is 1. The fourth-order valence-corrected chi connectivity index (χ4v) is 1.68. The van der Waals surface area contributed by atoms with Gasteiger partial charge in [-0.2, -0.15) is 5.10 Å². The highest BCUT2D eigenvalue weighted by molar-refractivity contribution is 5.86. The molecular weight excluding hydrogens is 228 g/mol. The Balaban J connectivity index is 2.37. The zero-order valence-electron chi connectivity index (χ0n) is 11.2. The highest BCUT2D eigenvalue weighted by Gasteiger charge is 2.22. The maximum absolute atomic E-state index is 12.0. The number of aromatic nitrogens is 2. The summed E-state index contributed by atoms with van der Waals surface area (Å²) < 4.78 is 6.92. The van der Waals surface area contributed by atoms with Crippen LogP contribution >= 0.6 is 0 Å². The van der Waals surface area contributed by atoms with Crippen LogP contribution in [0.3, 0.4) is 0 Å². The number of benzene rings is 1. The Bertz CT molecular complexity index is 579. The van der Waals surface area contributed by atoms with Gasteiger partial charge in [0.2, 0.25) is 0 Å². The molecule has 0 saturated heterocycles. The van der Waals surface area contributed by atoms with Gasteiger partial charge in [0.1, 0.15) is 12.3 Å². The van der Waals surface area contributed by atoms with E-state index < -0.39 is 0 Å². The molecule has 0 fully saturated rings. The molecule has 4 heteroatoms. The van der Waals surface area contributed by atoms with E-state index in [2.05, 4.69) is 5.10 Å². The fraction of sp³-hybridized carbons (Fsp3) is 0.429. The number of fused-ring (bicyclic) bond motifs is 1. The van der Waals surface area contributed by atoms with E-state index in [1.165, 1.54) is 0 Å². The molecular formula is C14H18N2O2. The van der Waals surface area contributed by atoms with Gasteiger partial charge in [0.25, 0.3) is 0 Å². The number of nitrogens with zero attached hydrogens (tertiary/aromatic N) is 2. The minimum Gasteiger partial charge on any atom is -0.497 e. The first-order valence-corrected chi connectivity index (χ1v) is 5.94. The zero-order chi connectivity index (χ0) is 13.3. The SMILES string of the molecule is COc1ccc2cnn(CC(=O)C(C)(C)C)c2c1. The van der Waals surface area contributed by atoms with Crippen molar-refractivity contribution < 1.29 is 9.53 Å². The van der Waals surface area contributed by atoms with E-state index in [9.17, 15) is 4.79 Å². The monoisotopic (exact) mass is 246 g/mol. The second-order valence-electron chi connectivity index (χ2n) is 5.40. The number of hydrogen-bond donors (Lipinski definition) is 0. The summed E-state index contributed by atoms with van der Waals surface area (Å²) in [6, 6.07) is 5.73. The molecule has 2 aromatic rings. The molecule has 4 nitrogen and oxygen atoms in total. The summed E-state index contributed by atoms with van der Waals surface area (Å²) in [5.41, 5.74) is 0.573. The van der Waals surface area contributed by atoms with E-state index in [-0.39, 0.29) is 11.2 Å². The Morgan fingerprint density at radius 2 is 2.11 bits per heavy atom. The molecule has 0 N–H and O–H groups in total. The van der Waals surface area contributed by atoms with E-state index >= 15 is 0 Å². The van der Waals surface area contributed by atoms with Crippen molar-refractivity contribution in [2.75, 3.05) is 7.11 Å². The zero-order valence-corrected chi connectivity index (χ0v) is 11.2. The normalized spacial score (nSPS) is 11.8. The van der Waals surface area contributed by atoms with Gasteiger partial charge < -0.3 is 4.74 Å². The van der Waals surface area contributed by atoms with Crippen LogP contribution in [0.25, 0.3) is 10.9 Å². The Labute approximate surface area is 107 Å². The Hall–Kier alpha value is -1.84. The van der Waals surface area contributed by atoms with Crippen LogP contribution < -0.4 is 4.74 Å².